The number of aromatic hydroxyl groups is 1. The number of hydrogen-bond donors (Lipinski definition) is 1. The molecule has 0 spiro atoms. The summed E-state index contributed by atoms with van der Waals surface area (Å²) in [6.07, 6.45) is -0.309. The molecule has 5 nitrogen and oxygen atoms in total. The van der Waals surface area contributed by atoms with Crippen molar-refractivity contribution in [1.29, 1.82) is 0 Å². The molecule has 5 heteroatoms. The second-order valence-electron chi connectivity index (χ2n) is 5.03. The van der Waals surface area contributed by atoms with Gasteiger partial charge in [-0.05, 0) is 39.8 Å². The van der Waals surface area contributed by atoms with Gasteiger partial charge in [-0.3, -0.25) is 0 Å². The van der Waals surface area contributed by atoms with Crippen molar-refractivity contribution < 1.29 is 19.0 Å². The smallest absolute Gasteiger partial charge is 0.383 e. The van der Waals surface area contributed by atoms with Crippen LogP contribution in [0.4, 0.5) is 0 Å². The molecule has 0 unspecified atom stereocenters. The molecule has 0 saturated heterocycles. The number of rotatable bonds is 4. The van der Waals surface area contributed by atoms with Gasteiger partial charge in [-0.1, -0.05) is 6.07 Å². The van der Waals surface area contributed by atoms with Gasteiger partial charge in [-0.2, -0.15) is 0 Å². The minimum absolute atomic E-state index is 0.0698. The summed E-state index contributed by atoms with van der Waals surface area (Å²) >= 11 is 0. The van der Waals surface area contributed by atoms with Crippen molar-refractivity contribution in [1.82, 2.24) is 0 Å². The minimum Gasteiger partial charge on any atom is -0.504 e. The highest BCUT2D eigenvalue weighted by Crippen LogP contribution is 2.36. The first-order valence-corrected chi connectivity index (χ1v) is 6.52. The minimum atomic E-state index is -0.719. The average Bonchev–Trinajstić information content (AvgIpc) is 2.35. The van der Waals surface area contributed by atoms with E-state index in [0.29, 0.717) is 11.1 Å². The summed E-state index contributed by atoms with van der Waals surface area (Å²) in [5.41, 5.74) is -0.497. The molecule has 0 atom stereocenters. The SMILES string of the molecule is CC(C)Oc1c(O)c2cccc(OC(C)C)c2oc1=O. The normalized spacial score (nSPS) is 11.3. The molecule has 2 rings (SSSR count). The maximum Gasteiger partial charge on any atom is 0.383 e. The molecule has 0 aliphatic heterocycles. The van der Waals surface area contributed by atoms with Crippen LogP contribution in [0.3, 0.4) is 0 Å². The first kappa shape index (κ1) is 14.2. The molecule has 108 valence electrons. The van der Waals surface area contributed by atoms with E-state index in [4.69, 9.17) is 13.9 Å². The lowest BCUT2D eigenvalue weighted by Gasteiger charge is -2.14. The average molecular weight is 278 g/mol. The maximum atomic E-state index is 11.9. The molecule has 0 amide bonds. The van der Waals surface area contributed by atoms with Crippen molar-refractivity contribution in [2.45, 2.75) is 39.9 Å². The van der Waals surface area contributed by atoms with Gasteiger partial charge in [0.1, 0.15) is 0 Å². The van der Waals surface area contributed by atoms with Gasteiger partial charge < -0.3 is 19.0 Å². The van der Waals surface area contributed by atoms with Crippen LogP contribution in [0.2, 0.25) is 0 Å². The fourth-order valence-electron chi connectivity index (χ4n) is 1.85. The summed E-state index contributed by atoms with van der Waals surface area (Å²) < 4.78 is 16.1. The van der Waals surface area contributed by atoms with Crippen molar-refractivity contribution in [2.24, 2.45) is 0 Å². The number of ether oxygens (including phenoxy) is 2. The molecule has 0 radical (unpaired) electrons. The molecule has 0 bridgehead atoms. The Balaban J connectivity index is 2.66. The third-order valence-electron chi connectivity index (χ3n) is 2.55. The molecule has 1 aromatic carbocycles. The van der Waals surface area contributed by atoms with Crippen LogP contribution in [0.15, 0.2) is 27.4 Å². The predicted molar refractivity (Wildman–Crippen MR) is 75.7 cm³/mol. The zero-order chi connectivity index (χ0) is 14.9. The molecule has 20 heavy (non-hydrogen) atoms. The summed E-state index contributed by atoms with van der Waals surface area (Å²) in [7, 11) is 0. The third-order valence-corrected chi connectivity index (χ3v) is 2.55. The second kappa shape index (κ2) is 5.45. The van der Waals surface area contributed by atoms with Gasteiger partial charge in [0.15, 0.2) is 17.1 Å². The predicted octanol–water partition coefficient (Wildman–Crippen LogP) is 3.07. The van der Waals surface area contributed by atoms with Crippen LogP contribution in [0.25, 0.3) is 11.0 Å². The quantitative estimate of drug-likeness (QED) is 0.870. The molecule has 1 heterocycles. The Hall–Kier alpha value is -2.17. The highest BCUT2D eigenvalue weighted by molar-refractivity contribution is 5.89. The van der Waals surface area contributed by atoms with Gasteiger partial charge >= 0.3 is 5.63 Å². The highest BCUT2D eigenvalue weighted by atomic mass is 16.5. The van der Waals surface area contributed by atoms with Crippen LogP contribution < -0.4 is 15.1 Å². The number of fused-ring (bicyclic) bond motifs is 1. The molecule has 0 fully saturated rings. The number of benzene rings is 1. The van der Waals surface area contributed by atoms with Crippen molar-refractivity contribution >= 4 is 11.0 Å². The summed E-state index contributed by atoms with van der Waals surface area (Å²) in [5.74, 6) is 0.0225. The third kappa shape index (κ3) is 2.71. The molecule has 2 aromatic rings. The Kier molecular flexibility index (Phi) is 3.88. The second-order valence-corrected chi connectivity index (χ2v) is 5.03. The van der Waals surface area contributed by atoms with Crippen molar-refractivity contribution in [3.63, 3.8) is 0 Å². The van der Waals surface area contributed by atoms with Gasteiger partial charge in [0.05, 0.1) is 17.6 Å². The van der Waals surface area contributed by atoms with Crippen LogP contribution in [-0.4, -0.2) is 17.3 Å². The van der Waals surface area contributed by atoms with E-state index in [0.717, 1.165) is 0 Å². The van der Waals surface area contributed by atoms with E-state index >= 15 is 0 Å². The van der Waals surface area contributed by atoms with Crippen LogP contribution >= 0.6 is 0 Å². The largest absolute Gasteiger partial charge is 0.504 e. The van der Waals surface area contributed by atoms with Crippen LogP contribution in [0, 0.1) is 0 Å². The van der Waals surface area contributed by atoms with Gasteiger partial charge in [-0.25, -0.2) is 4.79 Å². The first-order chi connectivity index (χ1) is 9.40. The lowest BCUT2D eigenvalue weighted by atomic mass is 10.2. The lowest BCUT2D eigenvalue weighted by molar-refractivity contribution is 0.219. The van der Waals surface area contributed by atoms with E-state index in [-0.39, 0.29) is 29.3 Å². The summed E-state index contributed by atoms with van der Waals surface area (Å²) in [4.78, 5) is 11.9. The van der Waals surface area contributed by atoms with Crippen molar-refractivity contribution in [3.05, 3.63) is 28.6 Å². The molecule has 1 aromatic heterocycles. The summed E-state index contributed by atoms with van der Waals surface area (Å²) in [5, 5.41) is 10.6. The Bertz CT molecular complexity index is 670. The zero-order valence-electron chi connectivity index (χ0n) is 12.0. The van der Waals surface area contributed by atoms with Crippen LogP contribution in [0.5, 0.6) is 17.2 Å². The van der Waals surface area contributed by atoms with Crippen LogP contribution in [0.1, 0.15) is 27.7 Å². The van der Waals surface area contributed by atoms with Crippen molar-refractivity contribution in [3.8, 4) is 17.2 Å². The van der Waals surface area contributed by atoms with Gasteiger partial charge in [-0.15, -0.1) is 0 Å². The fourth-order valence-corrected chi connectivity index (χ4v) is 1.85. The van der Waals surface area contributed by atoms with Crippen LogP contribution in [-0.2, 0) is 0 Å². The molecular formula is C15H18O5. The Morgan fingerprint density at radius 1 is 1.10 bits per heavy atom. The Morgan fingerprint density at radius 2 is 1.75 bits per heavy atom. The zero-order valence-corrected chi connectivity index (χ0v) is 12.0. The van der Waals surface area contributed by atoms with E-state index in [1.165, 1.54) is 0 Å². The van der Waals surface area contributed by atoms with E-state index in [1.807, 2.05) is 13.8 Å². The summed E-state index contributed by atoms with van der Waals surface area (Å²) in [6.45, 7) is 7.27. The standard InChI is InChI=1S/C15H18O5/c1-8(2)18-11-7-5-6-10-12(16)14(19-9(3)4)15(17)20-13(10)11/h5-9,16H,1-4H3. The monoisotopic (exact) mass is 278 g/mol. The van der Waals surface area contributed by atoms with E-state index in [1.54, 1.807) is 32.0 Å². The van der Waals surface area contributed by atoms with Crippen molar-refractivity contribution in [2.75, 3.05) is 0 Å². The maximum absolute atomic E-state index is 11.9. The Labute approximate surface area is 116 Å². The molecule has 0 aliphatic carbocycles. The molecule has 1 N–H and O–H groups in total. The Morgan fingerprint density at radius 3 is 2.35 bits per heavy atom. The first-order valence-electron chi connectivity index (χ1n) is 6.52. The number of para-hydroxylation sites is 1. The molecule has 0 saturated carbocycles. The highest BCUT2D eigenvalue weighted by Gasteiger charge is 2.19. The summed E-state index contributed by atoms with van der Waals surface area (Å²) in [6, 6.07) is 5.06. The van der Waals surface area contributed by atoms with Gasteiger partial charge in [0.25, 0.3) is 0 Å². The number of hydrogen-bond acceptors (Lipinski definition) is 5. The van der Waals surface area contributed by atoms with E-state index < -0.39 is 5.63 Å². The van der Waals surface area contributed by atoms with E-state index in [9.17, 15) is 9.90 Å². The molecule has 0 aliphatic rings. The molecular weight excluding hydrogens is 260 g/mol. The van der Waals surface area contributed by atoms with Gasteiger partial charge in [0.2, 0.25) is 5.75 Å². The van der Waals surface area contributed by atoms with E-state index in [2.05, 4.69) is 0 Å². The topological polar surface area (TPSA) is 68.9 Å². The fraction of sp³-hybridized carbons (Fsp3) is 0.400. The lowest BCUT2D eigenvalue weighted by Crippen LogP contribution is -2.14. The van der Waals surface area contributed by atoms with Gasteiger partial charge in [0, 0.05) is 0 Å².